The average Bonchev–Trinajstić information content (AvgIpc) is 2.93. The van der Waals surface area contributed by atoms with Crippen molar-refractivity contribution in [2.75, 3.05) is 55.8 Å². The van der Waals surface area contributed by atoms with Gasteiger partial charge in [-0.1, -0.05) is 18.9 Å². The van der Waals surface area contributed by atoms with Crippen molar-refractivity contribution in [1.29, 1.82) is 0 Å². The lowest BCUT2D eigenvalue weighted by Gasteiger charge is -2.35. The van der Waals surface area contributed by atoms with E-state index in [4.69, 9.17) is 9.84 Å². The summed E-state index contributed by atoms with van der Waals surface area (Å²) < 4.78 is 44.5. The molecule has 1 amide bonds. The van der Waals surface area contributed by atoms with Gasteiger partial charge in [0.05, 0.1) is 23.9 Å². The van der Waals surface area contributed by atoms with E-state index in [1.54, 1.807) is 25.1 Å². The second-order valence-electron chi connectivity index (χ2n) is 9.37. The monoisotopic (exact) mass is 562 g/mol. The summed E-state index contributed by atoms with van der Waals surface area (Å²) in [5.41, 5.74) is 1.64. The minimum Gasteiger partial charge on any atom is -0.495 e. The molecule has 11 heteroatoms. The van der Waals surface area contributed by atoms with Gasteiger partial charge in [0.25, 0.3) is 0 Å². The summed E-state index contributed by atoms with van der Waals surface area (Å²) >= 11 is 1.66. The van der Waals surface area contributed by atoms with Crippen LogP contribution in [-0.2, 0) is 6.18 Å². The van der Waals surface area contributed by atoms with Crippen LogP contribution in [0, 0.1) is 0 Å². The Labute approximate surface area is 230 Å². The molecular weight excluding hydrogens is 529 g/mol. The largest absolute Gasteiger partial charge is 0.495 e. The molecule has 0 saturated carbocycles. The van der Waals surface area contributed by atoms with Crippen molar-refractivity contribution in [2.45, 2.75) is 36.8 Å². The number of hydrogen-bond donors (Lipinski definition) is 2. The van der Waals surface area contributed by atoms with Crippen LogP contribution in [0.5, 0.6) is 5.75 Å². The third-order valence-corrected chi connectivity index (χ3v) is 7.92. The molecule has 1 saturated heterocycles. The van der Waals surface area contributed by atoms with Crippen LogP contribution in [0.1, 0.15) is 31.2 Å². The van der Waals surface area contributed by atoms with Crippen LogP contribution in [-0.4, -0.2) is 66.7 Å². The Morgan fingerprint density at radius 1 is 1.05 bits per heavy atom. The van der Waals surface area contributed by atoms with E-state index in [1.807, 2.05) is 24.3 Å². The molecule has 7 nitrogen and oxygen atoms in total. The van der Waals surface area contributed by atoms with Gasteiger partial charge in [-0.15, -0.1) is 11.8 Å². The molecule has 0 radical (unpaired) electrons. The number of methoxy groups -OCH3 is 1. The predicted octanol–water partition coefficient (Wildman–Crippen LogP) is 6.83. The highest BCUT2D eigenvalue weighted by molar-refractivity contribution is 7.99. The average molecular weight is 563 g/mol. The van der Waals surface area contributed by atoms with Gasteiger partial charge < -0.3 is 25.0 Å². The Morgan fingerprint density at radius 3 is 2.54 bits per heavy atom. The van der Waals surface area contributed by atoms with Gasteiger partial charge in [-0.25, -0.2) is 4.79 Å². The van der Waals surface area contributed by atoms with Crippen LogP contribution in [0.25, 0.3) is 10.9 Å². The standard InChI is InChI=1S/C28H33F3N4O3S/c1-38-25-19-21(7-9-24(25)34-13-15-35(16-14-34)27(36)37)32-11-4-2-3-5-17-39-26-10-12-33-23-18-20(28(29,30)31)6-8-22(23)26/h6-10,12,18-19,32H,2-5,11,13-17H2,1H3,(H,36,37). The predicted molar refractivity (Wildman–Crippen MR) is 149 cm³/mol. The van der Waals surface area contributed by atoms with Gasteiger partial charge in [0.1, 0.15) is 5.75 Å². The number of aromatic nitrogens is 1. The molecular formula is C28H33F3N4O3S. The number of rotatable bonds is 11. The number of amides is 1. The van der Waals surface area contributed by atoms with Crippen LogP contribution in [0.15, 0.2) is 53.6 Å². The number of unbranched alkanes of at least 4 members (excludes halogenated alkanes) is 3. The summed E-state index contributed by atoms with van der Waals surface area (Å²) in [5.74, 6) is 1.66. The molecule has 1 aromatic heterocycles. The number of halogens is 3. The van der Waals surface area contributed by atoms with E-state index in [9.17, 15) is 18.0 Å². The molecule has 0 bridgehead atoms. The Bertz CT molecular complexity index is 1270. The molecule has 0 unspecified atom stereocenters. The van der Waals surface area contributed by atoms with E-state index < -0.39 is 17.8 Å². The number of thioether (sulfide) groups is 1. The minimum absolute atomic E-state index is 0.367. The summed E-state index contributed by atoms with van der Waals surface area (Å²) in [5, 5.41) is 13.3. The zero-order valence-electron chi connectivity index (χ0n) is 21.8. The number of nitrogens with one attached hydrogen (secondary N) is 1. The zero-order chi connectivity index (χ0) is 27.8. The third kappa shape index (κ3) is 7.62. The molecule has 39 heavy (non-hydrogen) atoms. The molecule has 2 aromatic carbocycles. The van der Waals surface area contributed by atoms with Crippen molar-refractivity contribution >= 4 is 40.1 Å². The lowest BCUT2D eigenvalue weighted by atomic mass is 10.1. The van der Waals surface area contributed by atoms with Crippen molar-refractivity contribution in [3.63, 3.8) is 0 Å². The SMILES string of the molecule is COc1cc(NCCCCCCSc2ccnc3cc(C(F)(F)F)ccc23)ccc1N1CCN(C(=O)O)CC1. The number of carboxylic acid groups (broad SMARTS) is 1. The molecule has 2 N–H and O–H groups in total. The maximum atomic E-state index is 13.0. The number of pyridine rings is 1. The maximum Gasteiger partial charge on any atom is 0.416 e. The molecule has 1 fully saturated rings. The molecule has 1 aliphatic rings. The fourth-order valence-electron chi connectivity index (χ4n) is 4.61. The van der Waals surface area contributed by atoms with Crippen LogP contribution in [0.3, 0.4) is 0 Å². The Morgan fingerprint density at radius 2 is 1.82 bits per heavy atom. The normalized spacial score (nSPS) is 14.1. The summed E-state index contributed by atoms with van der Waals surface area (Å²) in [7, 11) is 1.64. The van der Waals surface area contributed by atoms with E-state index in [2.05, 4.69) is 15.2 Å². The number of fused-ring (bicyclic) bond motifs is 1. The minimum atomic E-state index is -4.37. The quantitative estimate of drug-likeness (QED) is 0.196. The number of anilines is 2. The summed E-state index contributed by atoms with van der Waals surface area (Å²) in [6, 6.07) is 11.6. The fourth-order valence-corrected chi connectivity index (χ4v) is 5.66. The molecule has 0 atom stereocenters. The van der Waals surface area contributed by atoms with Gasteiger partial charge in [0.15, 0.2) is 0 Å². The first-order chi connectivity index (χ1) is 18.8. The highest BCUT2D eigenvalue weighted by Crippen LogP contribution is 2.34. The van der Waals surface area contributed by atoms with Crippen LogP contribution < -0.4 is 15.0 Å². The molecule has 4 rings (SSSR count). The van der Waals surface area contributed by atoms with Gasteiger partial charge in [-0.2, -0.15) is 13.2 Å². The number of piperazine rings is 1. The van der Waals surface area contributed by atoms with Crippen LogP contribution >= 0.6 is 11.8 Å². The Balaban J connectivity index is 1.16. The summed E-state index contributed by atoms with van der Waals surface area (Å²) in [6.45, 7) is 3.04. The number of nitrogens with zero attached hydrogens (tertiary/aromatic N) is 3. The van der Waals surface area contributed by atoms with Gasteiger partial charge in [-0.3, -0.25) is 4.98 Å². The highest BCUT2D eigenvalue weighted by Gasteiger charge is 2.30. The van der Waals surface area contributed by atoms with Gasteiger partial charge >= 0.3 is 12.3 Å². The first-order valence-corrected chi connectivity index (χ1v) is 14.0. The van der Waals surface area contributed by atoms with Crippen LogP contribution in [0.2, 0.25) is 0 Å². The van der Waals surface area contributed by atoms with E-state index in [0.717, 1.165) is 77.5 Å². The van der Waals surface area contributed by atoms with Gasteiger partial charge in [0.2, 0.25) is 0 Å². The van der Waals surface area contributed by atoms with E-state index in [-0.39, 0.29) is 0 Å². The molecule has 0 spiro atoms. The highest BCUT2D eigenvalue weighted by atomic mass is 32.2. The Hall–Kier alpha value is -3.34. The van der Waals surface area contributed by atoms with Crippen molar-refractivity contribution in [3.05, 3.63) is 54.2 Å². The number of alkyl halides is 3. The number of ether oxygens (including phenoxy) is 1. The fraction of sp³-hybridized carbons (Fsp3) is 0.429. The van der Waals surface area contributed by atoms with Crippen LogP contribution in [0.4, 0.5) is 29.3 Å². The van der Waals surface area contributed by atoms with Gasteiger partial charge in [-0.05, 0) is 48.9 Å². The summed E-state index contributed by atoms with van der Waals surface area (Å²) in [4.78, 5) is 19.8. The third-order valence-electron chi connectivity index (χ3n) is 6.76. The van der Waals surface area contributed by atoms with Crippen molar-refractivity contribution < 1.29 is 27.8 Å². The van der Waals surface area contributed by atoms with E-state index >= 15 is 0 Å². The number of carbonyl (C=O) groups is 1. The molecule has 2 heterocycles. The lowest BCUT2D eigenvalue weighted by Crippen LogP contribution is -2.48. The van der Waals surface area contributed by atoms with E-state index in [0.29, 0.717) is 31.7 Å². The van der Waals surface area contributed by atoms with Crippen molar-refractivity contribution in [3.8, 4) is 5.75 Å². The maximum absolute atomic E-state index is 13.0. The number of hydrogen-bond acceptors (Lipinski definition) is 6. The smallest absolute Gasteiger partial charge is 0.416 e. The second kappa shape index (κ2) is 13.1. The molecule has 0 aliphatic carbocycles. The first kappa shape index (κ1) is 28.7. The topological polar surface area (TPSA) is 77.9 Å². The van der Waals surface area contributed by atoms with Gasteiger partial charge in [0, 0.05) is 61.0 Å². The summed E-state index contributed by atoms with van der Waals surface area (Å²) in [6.07, 6.45) is 0.496. The first-order valence-electron chi connectivity index (χ1n) is 13.0. The molecule has 3 aromatic rings. The number of benzene rings is 2. The van der Waals surface area contributed by atoms with Crippen molar-refractivity contribution in [1.82, 2.24) is 9.88 Å². The second-order valence-corrected chi connectivity index (χ2v) is 10.5. The van der Waals surface area contributed by atoms with Crippen molar-refractivity contribution in [2.24, 2.45) is 0 Å². The lowest BCUT2D eigenvalue weighted by molar-refractivity contribution is -0.137. The zero-order valence-corrected chi connectivity index (χ0v) is 22.7. The Kier molecular flexibility index (Phi) is 9.66. The van der Waals surface area contributed by atoms with E-state index in [1.165, 1.54) is 11.0 Å². The molecule has 210 valence electrons. The molecule has 1 aliphatic heterocycles.